The van der Waals surface area contributed by atoms with Crippen molar-refractivity contribution < 1.29 is 14.2 Å². The van der Waals surface area contributed by atoms with Crippen LogP contribution >= 0.6 is 0 Å². The predicted molar refractivity (Wildman–Crippen MR) is 66.3 cm³/mol. The van der Waals surface area contributed by atoms with E-state index in [1.165, 1.54) is 32.1 Å². The molecule has 0 radical (unpaired) electrons. The van der Waals surface area contributed by atoms with Crippen molar-refractivity contribution in [3.8, 4) is 0 Å². The first-order chi connectivity index (χ1) is 7.70. The van der Waals surface area contributed by atoms with Gasteiger partial charge in [-0.3, -0.25) is 0 Å². The first kappa shape index (κ1) is 15.9. The molecule has 0 heterocycles. The summed E-state index contributed by atoms with van der Waals surface area (Å²) >= 11 is 0. The standard InChI is InChI=1S/C13H28O3/c1-5-6-7-8-9-10-11-15-13(3)16-12(2)14-4/h12-13H,5-11H2,1-4H3. The molecule has 3 heteroatoms. The Bertz CT molecular complexity index is 139. The average Bonchev–Trinajstić information content (AvgIpc) is 2.27. The summed E-state index contributed by atoms with van der Waals surface area (Å²) in [6, 6.07) is 0. The molecular formula is C13H28O3. The van der Waals surface area contributed by atoms with Crippen LogP contribution in [0.1, 0.15) is 59.3 Å². The van der Waals surface area contributed by atoms with E-state index in [-0.39, 0.29) is 12.6 Å². The van der Waals surface area contributed by atoms with Crippen LogP contribution in [0, 0.1) is 0 Å². The Morgan fingerprint density at radius 3 is 2.12 bits per heavy atom. The quantitative estimate of drug-likeness (QED) is 0.401. The molecule has 0 amide bonds. The monoisotopic (exact) mass is 232 g/mol. The summed E-state index contributed by atoms with van der Waals surface area (Å²) in [5.41, 5.74) is 0. The minimum atomic E-state index is -0.195. The fourth-order valence-electron chi connectivity index (χ4n) is 1.50. The molecule has 0 rings (SSSR count). The molecule has 0 spiro atoms. The van der Waals surface area contributed by atoms with Gasteiger partial charge in [0.1, 0.15) is 0 Å². The number of hydrogen-bond acceptors (Lipinski definition) is 3. The summed E-state index contributed by atoms with van der Waals surface area (Å²) in [7, 11) is 1.63. The van der Waals surface area contributed by atoms with Gasteiger partial charge in [-0.05, 0) is 20.3 Å². The van der Waals surface area contributed by atoms with Gasteiger partial charge in [0.05, 0.1) is 0 Å². The van der Waals surface area contributed by atoms with Gasteiger partial charge in [-0.15, -0.1) is 0 Å². The first-order valence-corrected chi connectivity index (χ1v) is 6.50. The highest BCUT2D eigenvalue weighted by Crippen LogP contribution is 2.06. The van der Waals surface area contributed by atoms with E-state index in [0.29, 0.717) is 0 Å². The third kappa shape index (κ3) is 10.4. The molecule has 0 aromatic heterocycles. The maximum Gasteiger partial charge on any atom is 0.157 e. The Balaban J connectivity index is 3.18. The zero-order valence-electron chi connectivity index (χ0n) is 11.3. The van der Waals surface area contributed by atoms with Gasteiger partial charge in [-0.1, -0.05) is 39.0 Å². The summed E-state index contributed by atoms with van der Waals surface area (Å²) in [5.74, 6) is 0. The van der Waals surface area contributed by atoms with Crippen LogP contribution in [-0.2, 0) is 14.2 Å². The molecule has 0 N–H and O–H groups in total. The van der Waals surface area contributed by atoms with E-state index in [2.05, 4.69) is 6.92 Å². The number of rotatable bonds is 11. The lowest BCUT2D eigenvalue weighted by atomic mass is 10.1. The second-order valence-corrected chi connectivity index (χ2v) is 4.15. The lowest BCUT2D eigenvalue weighted by Crippen LogP contribution is -2.21. The normalized spacial score (nSPS) is 15.0. The van der Waals surface area contributed by atoms with Gasteiger partial charge >= 0.3 is 0 Å². The Labute approximate surface area is 100 Å². The zero-order chi connectivity index (χ0) is 12.2. The van der Waals surface area contributed by atoms with Gasteiger partial charge in [0.2, 0.25) is 0 Å². The van der Waals surface area contributed by atoms with Crippen molar-refractivity contribution in [2.75, 3.05) is 13.7 Å². The highest BCUT2D eigenvalue weighted by atomic mass is 16.8. The number of unbranched alkanes of at least 4 members (excludes halogenated alkanes) is 5. The van der Waals surface area contributed by atoms with Crippen molar-refractivity contribution in [1.82, 2.24) is 0 Å². The minimum absolute atomic E-state index is 0.175. The van der Waals surface area contributed by atoms with E-state index < -0.39 is 0 Å². The van der Waals surface area contributed by atoms with Gasteiger partial charge in [-0.2, -0.15) is 0 Å². The van der Waals surface area contributed by atoms with Crippen LogP contribution in [0.3, 0.4) is 0 Å². The molecule has 0 aliphatic heterocycles. The van der Waals surface area contributed by atoms with Crippen molar-refractivity contribution in [3.05, 3.63) is 0 Å². The van der Waals surface area contributed by atoms with E-state index in [9.17, 15) is 0 Å². The topological polar surface area (TPSA) is 27.7 Å². The molecule has 0 aromatic rings. The maximum absolute atomic E-state index is 5.52. The van der Waals surface area contributed by atoms with Crippen molar-refractivity contribution in [2.45, 2.75) is 71.9 Å². The van der Waals surface area contributed by atoms with Crippen molar-refractivity contribution >= 4 is 0 Å². The molecule has 16 heavy (non-hydrogen) atoms. The van der Waals surface area contributed by atoms with Crippen LogP contribution in [0.25, 0.3) is 0 Å². The third-order valence-corrected chi connectivity index (χ3v) is 2.57. The van der Waals surface area contributed by atoms with Gasteiger partial charge in [0.25, 0.3) is 0 Å². The summed E-state index contributed by atoms with van der Waals surface area (Å²) in [6.45, 7) is 6.79. The largest absolute Gasteiger partial charge is 0.356 e. The molecule has 0 aliphatic carbocycles. The van der Waals surface area contributed by atoms with E-state index in [4.69, 9.17) is 14.2 Å². The van der Waals surface area contributed by atoms with E-state index in [1.54, 1.807) is 7.11 Å². The Morgan fingerprint density at radius 1 is 0.875 bits per heavy atom. The average molecular weight is 232 g/mol. The Kier molecular flexibility index (Phi) is 11.3. The van der Waals surface area contributed by atoms with Crippen LogP contribution in [0.5, 0.6) is 0 Å². The maximum atomic E-state index is 5.52. The molecule has 0 saturated carbocycles. The summed E-state index contributed by atoms with van der Waals surface area (Å²) in [5, 5.41) is 0. The first-order valence-electron chi connectivity index (χ1n) is 6.50. The molecular weight excluding hydrogens is 204 g/mol. The van der Waals surface area contributed by atoms with Crippen LogP contribution in [0.15, 0.2) is 0 Å². The summed E-state index contributed by atoms with van der Waals surface area (Å²) < 4.78 is 15.9. The van der Waals surface area contributed by atoms with Crippen molar-refractivity contribution in [2.24, 2.45) is 0 Å². The van der Waals surface area contributed by atoms with Gasteiger partial charge < -0.3 is 14.2 Å². The van der Waals surface area contributed by atoms with E-state index in [1.807, 2.05) is 13.8 Å². The third-order valence-electron chi connectivity index (χ3n) is 2.57. The highest BCUT2D eigenvalue weighted by molar-refractivity contribution is 4.44. The summed E-state index contributed by atoms with van der Waals surface area (Å²) in [6.07, 6.45) is 7.34. The molecule has 3 nitrogen and oxygen atoms in total. The molecule has 0 saturated heterocycles. The highest BCUT2D eigenvalue weighted by Gasteiger charge is 2.06. The number of methoxy groups -OCH3 is 1. The minimum Gasteiger partial charge on any atom is -0.356 e. The molecule has 2 atom stereocenters. The fourth-order valence-corrected chi connectivity index (χ4v) is 1.50. The zero-order valence-corrected chi connectivity index (χ0v) is 11.3. The lowest BCUT2D eigenvalue weighted by Gasteiger charge is -2.18. The Hall–Kier alpha value is -0.120. The SMILES string of the molecule is CCCCCCCCOC(C)OC(C)OC. The predicted octanol–water partition coefficient (Wildman–Crippen LogP) is 3.72. The number of ether oxygens (including phenoxy) is 3. The summed E-state index contributed by atoms with van der Waals surface area (Å²) in [4.78, 5) is 0. The van der Waals surface area contributed by atoms with Crippen molar-refractivity contribution in [1.29, 1.82) is 0 Å². The second kappa shape index (κ2) is 11.4. The molecule has 0 aromatic carbocycles. The van der Waals surface area contributed by atoms with Crippen LogP contribution < -0.4 is 0 Å². The van der Waals surface area contributed by atoms with E-state index in [0.717, 1.165) is 13.0 Å². The van der Waals surface area contributed by atoms with Crippen molar-refractivity contribution in [3.63, 3.8) is 0 Å². The lowest BCUT2D eigenvalue weighted by molar-refractivity contribution is -0.223. The van der Waals surface area contributed by atoms with Gasteiger partial charge in [0.15, 0.2) is 12.6 Å². The number of hydrogen-bond donors (Lipinski definition) is 0. The second-order valence-electron chi connectivity index (χ2n) is 4.15. The van der Waals surface area contributed by atoms with E-state index >= 15 is 0 Å². The molecule has 0 fully saturated rings. The van der Waals surface area contributed by atoms with Crippen LogP contribution in [-0.4, -0.2) is 26.3 Å². The fraction of sp³-hybridized carbons (Fsp3) is 1.00. The van der Waals surface area contributed by atoms with Crippen LogP contribution in [0.4, 0.5) is 0 Å². The molecule has 98 valence electrons. The smallest absolute Gasteiger partial charge is 0.157 e. The Morgan fingerprint density at radius 2 is 1.50 bits per heavy atom. The van der Waals surface area contributed by atoms with Gasteiger partial charge in [-0.25, -0.2) is 0 Å². The molecule has 0 bridgehead atoms. The van der Waals surface area contributed by atoms with Gasteiger partial charge in [0, 0.05) is 13.7 Å². The van der Waals surface area contributed by atoms with Crippen LogP contribution in [0.2, 0.25) is 0 Å². The molecule has 0 aliphatic rings. The molecule has 2 unspecified atom stereocenters.